The molecule has 15 heavy (non-hydrogen) atoms. The lowest BCUT2D eigenvalue weighted by Crippen LogP contribution is -2.38. The zero-order valence-electron chi connectivity index (χ0n) is 9.10. The average molecular weight is 207 g/mol. The van der Waals surface area contributed by atoms with Gasteiger partial charge >= 0.3 is 0 Å². The average Bonchev–Trinajstić information content (AvgIpc) is 2.16. The third-order valence-corrected chi connectivity index (χ3v) is 2.05. The number of para-hydroxylation sites is 2. The predicted octanol–water partition coefficient (Wildman–Crippen LogP) is 1.52. The van der Waals surface area contributed by atoms with Gasteiger partial charge in [-0.3, -0.25) is 4.79 Å². The van der Waals surface area contributed by atoms with Crippen LogP contribution in [0.3, 0.4) is 0 Å². The Labute approximate surface area is 89.8 Å². The van der Waals surface area contributed by atoms with Crippen LogP contribution in [0.4, 0.5) is 11.4 Å². The molecule has 0 aliphatic heterocycles. The maximum Gasteiger partial charge on any atom is 0.241 e. The van der Waals surface area contributed by atoms with Crippen LogP contribution in [-0.4, -0.2) is 5.91 Å². The van der Waals surface area contributed by atoms with Gasteiger partial charge in [-0.25, -0.2) is 10.9 Å². The van der Waals surface area contributed by atoms with Gasteiger partial charge in [0.05, 0.1) is 11.4 Å². The maximum atomic E-state index is 11.7. The number of hydrazine groups is 1. The molecule has 1 amide bonds. The second-order valence-electron chi connectivity index (χ2n) is 3.92. The van der Waals surface area contributed by atoms with E-state index in [1.165, 1.54) is 0 Å². The van der Waals surface area contributed by atoms with E-state index in [2.05, 4.69) is 0 Å². The molecular weight excluding hydrogens is 190 g/mol. The van der Waals surface area contributed by atoms with Crippen LogP contribution >= 0.6 is 0 Å². The third kappa shape index (κ3) is 2.95. The largest absolute Gasteiger partial charge is 0.397 e. The lowest BCUT2D eigenvalue weighted by atomic mass is 10.1. The molecule has 0 bridgehead atoms. The summed E-state index contributed by atoms with van der Waals surface area (Å²) in [6, 6.07) is 7.05. The number of anilines is 2. The quantitative estimate of drug-likeness (QED) is 0.341. The second-order valence-corrected chi connectivity index (χ2v) is 3.92. The lowest BCUT2D eigenvalue weighted by Gasteiger charge is -2.19. The van der Waals surface area contributed by atoms with Gasteiger partial charge in [-0.1, -0.05) is 26.0 Å². The van der Waals surface area contributed by atoms with Gasteiger partial charge in [0.15, 0.2) is 0 Å². The summed E-state index contributed by atoms with van der Waals surface area (Å²) in [5, 5.41) is 1.12. The van der Waals surface area contributed by atoms with Gasteiger partial charge in [0, 0.05) is 6.42 Å². The molecule has 82 valence electrons. The maximum absolute atomic E-state index is 11.7. The first-order chi connectivity index (χ1) is 7.02. The summed E-state index contributed by atoms with van der Waals surface area (Å²) in [7, 11) is 0. The van der Waals surface area contributed by atoms with Crippen molar-refractivity contribution in [2.45, 2.75) is 20.3 Å². The van der Waals surface area contributed by atoms with Crippen LogP contribution in [0.5, 0.6) is 0 Å². The van der Waals surface area contributed by atoms with Crippen molar-refractivity contribution in [3.05, 3.63) is 24.3 Å². The molecule has 0 heterocycles. The van der Waals surface area contributed by atoms with Crippen LogP contribution in [0.1, 0.15) is 20.3 Å². The Morgan fingerprint density at radius 1 is 1.40 bits per heavy atom. The summed E-state index contributed by atoms with van der Waals surface area (Å²) in [5.74, 6) is 5.85. The molecule has 0 aliphatic carbocycles. The fraction of sp³-hybridized carbons (Fsp3) is 0.364. The Hall–Kier alpha value is -1.55. The van der Waals surface area contributed by atoms with E-state index in [-0.39, 0.29) is 11.8 Å². The van der Waals surface area contributed by atoms with Gasteiger partial charge in [0.25, 0.3) is 0 Å². The van der Waals surface area contributed by atoms with Gasteiger partial charge in [-0.2, -0.15) is 0 Å². The number of carbonyl (C=O) groups excluding carboxylic acids is 1. The highest BCUT2D eigenvalue weighted by atomic mass is 16.2. The van der Waals surface area contributed by atoms with E-state index >= 15 is 0 Å². The zero-order chi connectivity index (χ0) is 11.4. The molecule has 4 N–H and O–H groups in total. The topological polar surface area (TPSA) is 72.3 Å². The van der Waals surface area contributed by atoms with Gasteiger partial charge in [0.2, 0.25) is 5.91 Å². The Bertz CT molecular complexity index is 349. The zero-order valence-corrected chi connectivity index (χ0v) is 9.10. The van der Waals surface area contributed by atoms with Crippen molar-refractivity contribution in [3.8, 4) is 0 Å². The smallest absolute Gasteiger partial charge is 0.241 e. The highest BCUT2D eigenvalue weighted by Crippen LogP contribution is 2.20. The van der Waals surface area contributed by atoms with Crippen LogP contribution < -0.4 is 16.6 Å². The van der Waals surface area contributed by atoms with E-state index in [0.29, 0.717) is 17.8 Å². The number of amides is 1. The summed E-state index contributed by atoms with van der Waals surface area (Å²) >= 11 is 0. The normalized spacial score (nSPS) is 10.4. The number of rotatable bonds is 3. The van der Waals surface area contributed by atoms with E-state index in [9.17, 15) is 4.79 Å². The van der Waals surface area contributed by atoms with Crippen molar-refractivity contribution in [2.75, 3.05) is 10.7 Å². The second kappa shape index (κ2) is 4.79. The van der Waals surface area contributed by atoms with Crippen molar-refractivity contribution >= 4 is 17.3 Å². The van der Waals surface area contributed by atoms with E-state index in [1.54, 1.807) is 24.3 Å². The lowest BCUT2D eigenvalue weighted by molar-refractivity contribution is -0.119. The summed E-state index contributed by atoms with van der Waals surface area (Å²) < 4.78 is 0. The first-order valence-electron chi connectivity index (χ1n) is 4.94. The third-order valence-electron chi connectivity index (χ3n) is 2.05. The van der Waals surface area contributed by atoms with E-state index in [4.69, 9.17) is 11.6 Å². The number of hydrogen-bond donors (Lipinski definition) is 2. The standard InChI is InChI=1S/C11H17N3O/c1-8(2)7-11(15)14(13)10-6-4-3-5-9(10)12/h3-6,8H,7,12-13H2,1-2H3. The Morgan fingerprint density at radius 2 is 2.00 bits per heavy atom. The number of hydrogen-bond acceptors (Lipinski definition) is 3. The van der Waals surface area contributed by atoms with Crippen molar-refractivity contribution in [2.24, 2.45) is 11.8 Å². The molecule has 1 aromatic carbocycles. The monoisotopic (exact) mass is 207 g/mol. The molecule has 1 aromatic rings. The van der Waals surface area contributed by atoms with Gasteiger partial charge in [-0.15, -0.1) is 0 Å². The number of benzene rings is 1. The Balaban J connectivity index is 2.81. The van der Waals surface area contributed by atoms with Crippen LogP contribution in [0.15, 0.2) is 24.3 Å². The minimum absolute atomic E-state index is 0.122. The number of nitrogens with two attached hydrogens (primary N) is 2. The fourth-order valence-electron chi connectivity index (χ4n) is 1.29. The summed E-state index contributed by atoms with van der Waals surface area (Å²) in [5.41, 5.74) is 6.79. The minimum atomic E-state index is -0.122. The van der Waals surface area contributed by atoms with Crippen LogP contribution in [0.2, 0.25) is 0 Å². The molecule has 4 nitrogen and oxygen atoms in total. The Kier molecular flexibility index (Phi) is 3.68. The van der Waals surface area contributed by atoms with E-state index in [1.807, 2.05) is 13.8 Å². The van der Waals surface area contributed by atoms with E-state index in [0.717, 1.165) is 5.01 Å². The molecular formula is C11H17N3O. The van der Waals surface area contributed by atoms with Crippen molar-refractivity contribution in [1.29, 1.82) is 0 Å². The predicted molar refractivity (Wildman–Crippen MR) is 62.0 cm³/mol. The van der Waals surface area contributed by atoms with Crippen LogP contribution in [0, 0.1) is 5.92 Å². The van der Waals surface area contributed by atoms with Gasteiger partial charge in [-0.05, 0) is 18.1 Å². The number of nitrogens with zero attached hydrogens (tertiary/aromatic N) is 1. The minimum Gasteiger partial charge on any atom is -0.397 e. The molecule has 0 fully saturated rings. The van der Waals surface area contributed by atoms with Gasteiger partial charge in [0.1, 0.15) is 0 Å². The summed E-state index contributed by atoms with van der Waals surface area (Å²) in [6.07, 6.45) is 0.421. The first-order valence-corrected chi connectivity index (χ1v) is 4.94. The molecule has 0 atom stereocenters. The molecule has 0 unspecified atom stereocenters. The molecule has 0 saturated heterocycles. The number of carbonyl (C=O) groups is 1. The van der Waals surface area contributed by atoms with Crippen LogP contribution in [0.25, 0.3) is 0 Å². The molecule has 0 saturated carbocycles. The first kappa shape index (κ1) is 11.5. The molecule has 0 spiro atoms. The van der Waals surface area contributed by atoms with Crippen LogP contribution in [-0.2, 0) is 4.79 Å². The highest BCUT2D eigenvalue weighted by Gasteiger charge is 2.14. The SMILES string of the molecule is CC(C)CC(=O)N(N)c1ccccc1N. The van der Waals surface area contributed by atoms with Crippen molar-refractivity contribution in [1.82, 2.24) is 0 Å². The van der Waals surface area contributed by atoms with Gasteiger partial charge < -0.3 is 5.73 Å². The molecule has 0 aromatic heterocycles. The number of nitrogen functional groups attached to an aromatic ring is 1. The van der Waals surface area contributed by atoms with Crippen molar-refractivity contribution in [3.63, 3.8) is 0 Å². The van der Waals surface area contributed by atoms with E-state index < -0.39 is 0 Å². The summed E-state index contributed by atoms with van der Waals surface area (Å²) in [6.45, 7) is 3.94. The molecule has 0 aliphatic rings. The fourth-order valence-corrected chi connectivity index (χ4v) is 1.29. The Morgan fingerprint density at radius 3 is 2.53 bits per heavy atom. The summed E-state index contributed by atoms with van der Waals surface area (Å²) in [4.78, 5) is 11.7. The molecule has 4 heteroatoms. The highest BCUT2D eigenvalue weighted by molar-refractivity contribution is 5.95. The van der Waals surface area contributed by atoms with Crippen molar-refractivity contribution < 1.29 is 4.79 Å². The molecule has 0 radical (unpaired) electrons. The molecule has 1 rings (SSSR count).